The third kappa shape index (κ3) is 3.78. The molecule has 1 N–H and O–H groups in total. The lowest BCUT2D eigenvalue weighted by Crippen LogP contribution is -2.36. The first-order chi connectivity index (χ1) is 12.1. The van der Waals surface area contributed by atoms with Gasteiger partial charge < -0.3 is 10.0 Å². The number of aliphatic hydroxyl groups is 1. The number of nitrogens with zero attached hydrogens (tertiary/aromatic N) is 2. The van der Waals surface area contributed by atoms with Gasteiger partial charge in [-0.3, -0.25) is 0 Å². The fourth-order valence-electron chi connectivity index (χ4n) is 2.71. The molecule has 0 atom stereocenters. The van der Waals surface area contributed by atoms with Crippen molar-refractivity contribution in [3.05, 3.63) is 29.8 Å². The monoisotopic (exact) mass is 416 g/mol. The summed E-state index contributed by atoms with van der Waals surface area (Å²) in [7, 11) is -7.59. The molecule has 2 aromatic rings. The van der Waals surface area contributed by atoms with Gasteiger partial charge in [-0.1, -0.05) is 29.0 Å². The first-order valence-corrected chi connectivity index (χ1v) is 12.2. The van der Waals surface area contributed by atoms with E-state index >= 15 is 0 Å². The van der Waals surface area contributed by atoms with Gasteiger partial charge in [0.25, 0.3) is 0 Å². The molecule has 0 unspecified atom stereocenters. The van der Waals surface area contributed by atoms with E-state index in [4.69, 9.17) is 0 Å². The van der Waals surface area contributed by atoms with Crippen LogP contribution in [0.25, 0.3) is 0 Å². The van der Waals surface area contributed by atoms with Crippen molar-refractivity contribution in [2.75, 3.05) is 24.2 Å². The molecule has 142 valence electrons. The number of benzene rings is 1. The Balaban J connectivity index is 2.13. The first-order valence-electron chi connectivity index (χ1n) is 8.04. The van der Waals surface area contributed by atoms with Crippen molar-refractivity contribution in [3.8, 4) is 0 Å². The highest BCUT2D eigenvalue weighted by atomic mass is 32.2. The minimum absolute atomic E-state index is 0.0757. The van der Waals surface area contributed by atoms with E-state index in [2.05, 4.69) is 4.98 Å². The largest absolute Gasteiger partial charge is 0.393 e. The van der Waals surface area contributed by atoms with Gasteiger partial charge in [-0.05, 0) is 31.9 Å². The number of sulfone groups is 2. The summed E-state index contributed by atoms with van der Waals surface area (Å²) in [4.78, 5) is 5.85. The van der Waals surface area contributed by atoms with E-state index in [1.54, 1.807) is 17.0 Å². The van der Waals surface area contributed by atoms with Crippen LogP contribution in [0.15, 0.2) is 38.5 Å². The van der Waals surface area contributed by atoms with Crippen LogP contribution in [0.1, 0.15) is 18.4 Å². The summed E-state index contributed by atoms with van der Waals surface area (Å²) in [5.41, 5.74) is 0.921. The van der Waals surface area contributed by atoms with Gasteiger partial charge in [-0.25, -0.2) is 21.8 Å². The molecular weight excluding hydrogens is 396 g/mol. The van der Waals surface area contributed by atoms with Crippen LogP contribution in [0, 0.1) is 6.92 Å². The Morgan fingerprint density at radius 2 is 1.69 bits per heavy atom. The average molecular weight is 417 g/mol. The van der Waals surface area contributed by atoms with Crippen LogP contribution in [-0.4, -0.2) is 52.4 Å². The number of aromatic nitrogens is 1. The average Bonchev–Trinajstić information content (AvgIpc) is 3.02. The molecule has 26 heavy (non-hydrogen) atoms. The maximum Gasteiger partial charge on any atom is 0.226 e. The number of aryl methyl sites for hydroxylation is 1. The fraction of sp³-hybridized carbons (Fsp3) is 0.438. The van der Waals surface area contributed by atoms with Crippen molar-refractivity contribution in [1.82, 2.24) is 4.98 Å². The Hall–Kier alpha value is -1.49. The molecule has 1 aliphatic rings. The van der Waals surface area contributed by atoms with Crippen LogP contribution in [0.5, 0.6) is 0 Å². The summed E-state index contributed by atoms with van der Waals surface area (Å²) >= 11 is 0.865. The van der Waals surface area contributed by atoms with Crippen LogP contribution in [0.2, 0.25) is 0 Å². The highest BCUT2D eigenvalue weighted by Crippen LogP contribution is 2.38. The van der Waals surface area contributed by atoms with Crippen LogP contribution in [-0.2, 0) is 19.7 Å². The van der Waals surface area contributed by atoms with Crippen molar-refractivity contribution in [3.63, 3.8) is 0 Å². The Labute approximate surface area is 157 Å². The van der Waals surface area contributed by atoms with Crippen LogP contribution in [0.4, 0.5) is 5.00 Å². The van der Waals surface area contributed by atoms with Crippen LogP contribution < -0.4 is 4.90 Å². The summed E-state index contributed by atoms with van der Waals surface area (Å²) in [6, 6.07) is 6.36. The zero-order valence-corrected chi connectivity index (χ0v) is 16.9. The highest BCUT2D eigenvalue weighted by molar-refractivity contribution is 7.93. The molecular formula is C16H20N2O5S3. The molecule has 7 nitrogen and oxygen atoms in total. The number of anilines is 1. The number of aliphatic hydroxyl groups excluding tert-OH is 1. The Kier molecular flexibility index (Phi) is 5.13. The molecule has 0 radical (unpaired) electrons. The predicted molar refractivity (Wildman–Crippen MR) is 99.3 cm³/mol. The SMILES string of the molecule is Cc1ccc(S(=O)(=O)c2nc(S(C)(=O)=O)sc2N2CCC(O)CC2)cc1. The molecule has 1 saturated heterocycles. The van der Waals surface area contributed by atoms with E-state index in [9.17, 15) is 21.9 Å². The van der Waals surface area contributed by atoms with Gasteiger partial charge in [0.05, 0.1) is 11.0 Å². The number of rotatable bonds is 4. The summed E-state index contributed by atoms with van der Waals surface area (Å²) in [5, 5.41) is 9.77. The van der Waals surface area contributed by atoms with Crippen LogP contribution >= 0.6 is 11.3 Å². The maximum absolute atomic E-state index is 13.1. The van der Waals surface area contributed by atoms with Crippen molar-refractivity contribution in [1.29, 1.82) is 0 Å². The normalized spacial score (nSPS) is 16.8. The Morgan fingerprint density at radius 3 is 2.23 bits per heavy atom. The van der Waals surface area contributed by atoms with Gasteiger partial charge >= 0.3 is 0 Å². The Morgan fingerprint density at radius 1 is 1.12 bits per heavy atom. The lowest BCUT2D eigenvalue weighted by Gasteiger charge is -2.30. The van der Waals surface area contributed by atoms with E-state index in [-0.39, 0.29) is 14.3 Å². The molecule has 0 aliphatic carbocycles. The lowest BCUT2D eigenvalue weighted by atomic mass is 10.1. The molecule has 1 fully saturated rings. The summed E-state index contributed by atoms with van der Waals surface area (Å²) in [6.45, 7) is 2.75. The van der Waals surface area contributed by atoms with Gasteiger partial charge in [-0.15, -0.1) is 0 Å². The molecule has 2 heterocycles. The quantitative estimate of drug-likeness (QED) is 0.808. The van der Waals surface area contributed by atoms with E-state index in [1.807, 2.05) is 6.92 Å². The second-order valence-electron chi connectivity index (χ2n) is 6.40. The van der Waals surface area contributed by atoms with E-state index in [0.29, 0.717) is 30.9 Å². The second-order valence-corrected chi connectivity index (χ2v) is 11.4. The standard InChI is InChI=1S/C16H20N2O5S3/c1-11-3-5-13(6-4-11)26(22,23)14-15(18-9-7-12(19)8-10-18)24-16(17-14)25(2,20)21/h3-6,12,19H,7-10H2,1-2H3. The van der Waals surface area contributed by atoms with Gasteiger partial charge in [-0.2, -0.15) is 0 Å². The van der Waals surface area contributed by atoms with Crippen molar-refractivity contribution < 1.29 is 21.9 Å². The van der Waals surface area contributed by atoms with E-state index in [0.717, 1.165) is 23.2 Å². The summed E-state index contributed by atoms with van der Waals surface area (Å²) in [6.07, 6.45) is 1.58. The number of hydrogen-bond donors (Lipinski definition) is 1. The third-order valence-corrected chi connectivity index (χ3v) is 8.82. The summed E-state index contributed by atoms with van der Waals surface area (Å²) in [5.74, 6) is 0. The smallest absolute Gasteiger partial charge is 0.226 e. The first kappa shape index (κ1) is 19.3. The maximum atomic E-state index is 13.1. The van der Waals surface area contributed by atoms with Crippen molar-refractivity contribution in [2.24, 2.45) is 0 Å². The lowest BCUT2D eigenvalue weighted by molar-refractivity contribution is 0.145. The molecule has 1 aromatic carbocycles. The Bertz CT molecular complexity index is 1000. The molecule has 0 amide bonds. The van der Waals surface area contributed by atoms with E-state index in [1.165, 1.54) is 12.1 Å². The fourth-order valence-corrected chi connectivity index (χ4v) is 6.42. The summed E-state index contributed by atoms with van der Waals surface area (Å²) < 4.78 is 49.8. The van der Waals surface area contributed by atoms with Gasteiger partial charge in [0.1, 0.15) is 5.00 Å². The third-order valence-electron chi connectivity index (χ3n) is 4.21. The van der Waals surface area contributed by atoms with Crippen molar-refractivity contribution in [2.45, 2.75) is 40.1 Å². The molecule has 0 saturated carbocycles. The zero-order valence-electron chi connectivity index (χ0n) is 14.4. The molecule has 10 heteroatoms. The van der Waals surface area contributed by atoms with Gasteiger partial charge in [0, 0.05) is 19.3 Å². The minimum Gasteiger partial charge on any atom is -0.393 e. The number of piperidine rings is 1. The van der Waals surface area contributed by atoms with Gasteiger partial charge in [0.15, 0.2) is 5.03 Å². The molecule has 1 aromatic heterocycles. The van der Waals surface area contributed by atoms with Crippen molar-refractivity contribution >= 4 is 36.0 Å². The predicted octanol–water partition coefficient (Wildman–Crippen LogP) is 1.65. The topological polar surface area (TPSA) is 105 Å². The molecule has 3 rings (SSSR count). The minimum atomic E-state index is -3.96. The highest BCUT2D eigenvalue weighted by Gasteiger charge is 2.32. The molecule has 0 bridgehead atoms. The van der Waals surface area contributed by atoms with E-state index < -0.39 is 25.8 Å². The number of thiazole rings is 1. The van der Waals surface area contributed by atoms with Gasteiger partial charge in [0.2, 0.25) is 24.0 Å². The number of hydrogen-bond acceptors (Lipinski definition) is 8. The zero-order chi connectivity index (χ0) is 19.1. The second kappa shape index (κ2) is 6.91. The molecule has 1 aliphatic heterocycles. The molecule has 0 spiro atoms. The van der Waals surface area contributed by atoms with Crippen LogP contribution in [0.3, 0.4) is 0 Å².